The molecule has 0 radical (unpaired) electrons. The molecule has 0 aliphatic heterocycles. The van der Waals surface area contributed by atoms with Crippen molar-refractivity contribution in [2.24, 2.45) is 0 Å². The molecule has 1 aromatic heterocycles. The third-order valence-corrected chi connectivity index (χ3v) is 5.46. The zero-order valence-electron chi connectivity index (χ0n) is 10.9. The number of aryl methyl sites for hydroxylation is 2. The fourth-order valence-electron chi connectivity index (χ4n) is 1.78. The molecule has 0 saturated carbocycles. The molecule has 0 bridgehead atoms. The van der Waals surface area contributed by atoms with Crippen LogP contribution in [0.5, 0.6) is 0 Å². The van der Waals surface area contributed by atoms with Crippen LogP contribution >= 0.6 is 43.2 Å². The van der Waals surface area contributed by atoms with Crippen molar-refractivity contribution in [3.8, 4) is 0 Å². The summed E-state index contributed by atoms with van der Waals surface area (Å²) in [5.41, 5.74) is 2.88. The Bertz CT molecular complexity index is 655. The van der Waals surface area contributed by atoms with Crippen LogP contribution in [-0.4, -0.2) is 11.1 Å². The predicted molar refractivity (Wildman–Crippen MR) is 89.6 cm³/mol. The number of carboxylic acid groups (broad SMARTS) is 1. The van der Waals surface area contributed by atoms with Crippen LogP contribution in [0.3, 0.4) is 0 Å². The van der Waals surface area contributed by atoms with E-state index in [1.807, 2.05) is 37.4 Å². The highest BCUT2D eigenvalue weighted by Gasteiger charge is 2.22. The molecule has 6 heteroatoms. The van der Waals surface area contributed by atoms with Crippen molar-refractivity contribution in [1.29, 1.82) is 0 Å². The molecule has 1 aromatic carbocycles. The summed E-state index contributed by atoms with van der Waals surface area (Å²) in [5, 5.41) is 14.5. The average Bonchev–Trinajstić information content (AvgIpc) is 2.78. The number of hydrogen-bond acceptors (Lipinski definition) is 3. The largest absolute Gasteiger partial charge is 0.479 e. The van der Waals surface area contributed by atoms with Gasteiger partial charge in [-0.15, -0.1) is 11.3 Å². The summed E-state index contributed by atoms with van der Waals surface area (Å²) in [6.45, 7) is 3.92. The number of halogens is 2. The van der Waals surface area contributed by atoms with Crippen LogP contribution in [0, 0.1) is 13.8 Å². The lowest BCUT2D eigenvalue weighted by Crippen LogP contribution is -2.19. The van der Waals surface area contributed by atoms with E-state index in [9.17, 15) is 9.90 Å². The van der Waals surface area contributed by atoms with Gasteiger partial charge in [-0.1, -0.05) is 15.9 Å². The Morgan fingerprint density at radius 2 is 1.95 bits per heavy atom. The highest BCUT2D eigenvalue weighted by molar-refractivity contribution is 9.11. The summed E-state index contributed by atoms with van der Waals surface area (Å²) < 4.78 is 1.81. The van der Waals surface area contributed by atoms with Gasteiger partial charge in [-0.25, -0.2) is 4.79 Å². The van der Waals surface area contributed by atoms with E-state index >= 15 is 0 Å². The first kappa shape index (κ1) is 15.5. The molecule has 106 valence electrons. The molecule has 20 heavy (non-hydrogen) atoms. The molecule has 0 spiro atoms. The van der Waals surface area contributed by atoms with Gasteiger partial charge < -0.3 is 10.4 Å². The quantitative estimate of drug-likeness (QED) is 0.723. The number of carboxylic acids is 1. The Morgan fingerprint density at radius 3 is 2.50 bits per heavy atom. The molecule has 0 aliphatic carbocycles. The maximum atomic E-state index is 11.5. The van der Waals surface area contributed by atoms with Gasteiger partial charge in [-0.2, -0.15) is 0 Å². The zero-order chi connectivity index (χ0) is 14.9. The zero-order valence-corrected chi connectivity index (χ0v) is 14.9. The van der Waals surface area contributed by atoms with E-state index in [-0.39, 0.29) is 0 Å². The van der Waals surface area contributed by atoms with Crippen LogP contribution in [0.4, 0.5) is 5.69 Å². The number of carbonyl (C=O) groups is 1. The molecular formula is C14H13Br2NO2S. The number of benzene rings is 1. The van der Waals surface area contributed by atoms with Crippen molar-refractivity contribution >= 4 is 54.9 Å². The normalized spacial score (nSPS) is 12.2. The van der Waals surface area contributed by atoms with Crippen molar-refractivity contribution in [1.82, 2.24) is 0 Å². The average molecular weight is 419 g/mol. The molecule has 1 heterocycles. The Hall–Kier alpha value is -0.850. The Balaban J connectivity index is 2.34. The number of aliphatic carboxylic acids is 1. The number of thiophene rings is 1. The smallest absolute Gasteiger partial charge is 0.331 e. The molecule has 1 atom stereocenters. The minimum absolute atomic E-state index is 0.745. The van der Waals surface area contributed by atoms with Crippen molar-refractivity contribution in [3.05, 3.63) is 48.5 Å². The van der Waals surface area contributed by atoms with Crippen molar-refractivity contribution in [2.45, 2.75) is 19.9 Å². The SMILES string of the molecule is Cc1csc(C(Nc2cc(C)c(Br)cc2Br)C(=O)O)c1. The monoisotopic (exact) mass is 417 g/mol. The van der Waals surface area contributed by atoms with E-state index in [1.165, 1.54) is 11.3 Å². The minimum atomic E-state index is -0.890. The summed E-state index contributed by atoms with van der Waals surface area (Å²) >= 11 is 8.36. The lowest BCUT2D eigenvalue weighted by Gasteiger charge is -2.16. The summed E-state index contributed by atoms with van der Waals surface area (Å²) in [6, 6.07) is 4.99. The van der Waals surface area contributed by atoms with Crippen LogP contribution in [0.25, 0.3) is 0 Å². The topological polar surface area (TPSA) is 49.3 Å². The minimum Gasteiger partial charge on any atom is -0.479 e. The fraction of sp³-hybridized carbons (Fsp3) is 0.214. The molecular weight excluding hydrogens is 406 g/mol. The summed E-state index contributed by atoms with van der Waals surface area (Å²) in [5.74, 6) is -0.890. The van der Waals surface area contributed by atoms with Gasteiger partial charge in [0.25, 0.3) is 0 Å². The highest BCUT2D eigenvalue weighted by atomic mass is 79.9. The van der Waals surface area contributed by atoms with Crippen LogP contribution in [0.15, 0.2) is 32.5 Å². The first-order valence-corrected chi connectivity index (χ1v) is 8.35. The van der Waals surface area contributed by atoms with Gasteiger partial charge in [0.15, 0.2) is 6.04 Å². The van der Waals surface area contributed by atoms with E-state index in [4.69, 9.17) is 0 Å². The standard InChI is InChI=1S/C14H13Br2NO2S/c1-7-3-12(20-6-7)13(14(18)19)17-11-4-8(2)9(15)5-10(11)16/h3-6,13,17H,1-2H3,(H,18,19). The third kappa shape index (κ3) is 3.42. The van der Waals surface area contributed by atoms with E-state index in [2.05, 4.69) is 37.2 Å². The van der Waals surface area contributed by atoms with E-state index in [1.54, 1.807) is 0 Å². The van der Waals surface area contributed by atoms with Gasteiger partial charge in [0.1, 0.15) is 0 Å². The lowest BCUT2D eigenvalue weighted by atomic mass is 10.1. The highest BCUT2D eigenvalue weighted by Crippen LogP contribution is 2.33. The predicted octanol–water partition coefficient (Wildman–Crippen LogP) is 5.13. The van der Waals surface area contributed by atoms with E-state index < -0.39 is 12.0 Å². The van der Waals surface area contributed by atoms with E-state index in [0.717, 1.165) is 30.6 Å². The first-order valence-electron chi connectivity index (χ1n) is 5.88. The van der Waals surface area contributed by atoms with Crippen LogP contribution < -0.4 is 5.32 Å². The first-order chi connectivity index (χ1) is 9.38. The Kier molecular flexibility index (Phi) is 4.88. The number of rotatable bonds is 4. The van der Waals surface area contributed by atoms with E-state index in [0.29, 0.717) is 0 Å². The summed E-state index contributed by atoms with van der Waals surface area (Å²) in [4.78, 5) is 12.3. The number of nitrogens with one attached hydrogen (secondary N) is 1. The molecule has 0 amide bonds. The molecule has 0 aliphatic rings. The van der Waals surface area contributed by atoms with Crippen molar-refractivity contribution in [2.75, 3.05) is 5.32 Å². The fourth-order valence-corrected chi connectivity index (χ4v) is 3.83. The second-order valence-electron chi connectivity index (χ2n) is 4.52. The van der Waals surface area contributed by atoms with Crippen LogP contribution in [-0.2, 0) is 4.79 Å². The molecule has 0 saturated heterocycles. The van der Waals surface area contributed by atoms with Gasteiger partial charge in [0.2, 0.25) is 0 Å². The van der Waals surface area contributed by atoms with Crippen LogP contribution in [0.1, 0.15) is 22.0 Å². The summed E-state index contributed by atoms with van der Waals surface area (Å²) in [7, 11) is 0. The Labute approximate surface area is 138 Å². The molecule has 0 fully saturated rings. The Morgan fingerprint density at radius 1 is 1.25 bits per heavy atom. The molecule has 2 rings (SSSR count). The second-order valence-corrected chi connectivity index (χ2v) is 7.17. The van der Waals surface area contributed by atoms with Gasteiger partial charge in [-0.3, -0.25) is 0 Å². The number of hydrogen-bond donors (Lipinski definition) is 2. The van der Waals surface area contributed by atoms with Crippen molar-refractivity contribution in [3.63, 3.8) is 0 Å². The lowest BCUT2D eigenvalue weighted by molar-refractivity contribution is -0.138. The van der Waals surface area contributed by atoms with Gasteiger partial charge in [-0.05, 0) is 64.5 Å². The third-order valence-electron chi connectivity index (χ3n) is 2.83. The summed E-state index contributed by atoms with van der Waals surface area (Å²) in [6.07, 6.45) is 0. The molecule has 2 aromatic rings. The maximum absolute atomic E-state index is 11.5. The molecule has 3 nitrogen and oxygen atoms in total. The number of anilines is 1. The molecule has 1 unspecified atom stereocenters. The maximum Gasteiger partial charge on any atom is 0.331 e. The second kappa shape index (κ2) is 6.28. The molecule has 2 N–H and O–H groups in total. The van der Waals surface area contributed by atoms with Gasteiger partial charge >= 0.3 is 5.97 Å². The van der Waals surface area contributed by atoms with Gasteiger partial charge in [0.05, 0.1) is 0 Å². The van der Waals surface area contributed by atoms with Crippen LogP contribution in [0.2, 0.25) is 0 Å². The van der Waals surface area contributed by atoms with Crippen molar-refractivity contribution < 1.29 is 9.90 Å². The van der Waals surface area contributed by atoms with Gasteiger partial charge in [0, 0.05) is 19.5 Å².